The minimum Gasteiger partial charge on any atom is -0.465 e. The summed E-state index contributed by atoms with van der Waals surface area (Å²) in [6.45, 7) is 3.44. The number of benzene rings is 1. The molecule has 1 rings (SSSR count). The van der Waals surface area contributed by atoms with Gasteiger partial charge in [0.1, 0.15) is 0 Å². The molecule has 0 heterocycles. The number of rotatable bonds is 7. The molecule has 112 valence electrons. The van der Waals surface area contributed by atoms with E-state index in [1.54, 1.807) is 13.2 Å². The Balaban J connectivity index is 3.14. The van der Waals surface area contributed by atoms with E-state index < -0.39 is 5.97 Å². The third kappa shape index (κ3) is 3.85. The Morgan fingerprint density at radius 3 is 2.60 bits per heavy atom. The van der Waals surface area contributed by atoms with Crippen molar-refractivity contribution in [2.45, 2.75) is 6.92 Å². The van der Waals surface area contributed by atoms with Gasteiger partial charge in [-0.3, -0.25) is 0 Å². The van der Waals surface area contributed by atoms with Crippen LogP contribution in [-0.2, 0) is 9.47 Å². The van der Waals surface area contributed by atoms with Crippen molar-refractivity contribution in [1.82, 2.24) is 0 Å². The Bertz CT molecular complexity index is 463. The molecule has 6 heteroatoms. The number of nitrogen functional groups attached to an aromatic ring is 1. The summed E-state index contributed by atoms with van der Waals surface area (Å²) in [5.74, 6) is -0.469. The molecule has 0 aliphatic rings. The quantitative estimate of drug-likeness (QED) is 0.568. The standard InChI is InChI=1S/C14H22N2O4/c1-10-8-11(16(4-6-17)5-7-19-2)9-12(13(10)15)14(18)20-3/h8-9,17H,4-7,15H2,1-3H3. The summed E-state index contributed by atoms with van der Waals surface area (Å²) in [5, 5.41) is 9.15. The first-order valence-electron chi connectivity index (χ1n) is 6.38. The second kappa shape index (κ2) is 7.72. The molecule has 0 amide bonds. The van der Waals surface area contributed by atoms with Gasteiger partial charge in [0.25, 0.3) is 0 Å². The zero-order chi connectivity index (χ0) is 15.1. The predicted molar refractivity (Wildman–Crippen MR) is 78.1 cm³/mol. The molecule has 0 saturated heterocycles. The van der Waals surface area contributed by atoms with Crippen LogP contribution in [0.3, 0.4) is 0 Å². The number of carbonyl (C=O) groups is 1. The van der Waals surface area contributed by atoms with Crippen LogP contribution < -0.4 is 10.6 Å². The number of hydrogen-bond donors (Lipinski definition) is 2. The molecule has 0 fully saturated rings. The number of hydrogen-bond acceptors (Lipinski definition) is 6. The first-order valence-corrected chi connectivity index (χ1v) is 6.38. The average Bonchev–Trinajstić information content (AvgIpc) is 2.45. The number of nitrogens with zero attached hydrogens (tertiary/aromatic N) is 1. The smallest absolute Gasteiger partial charge is 0.340 e. The van der Waals surface area contributed by atoms with Crippen LogP contribution in [0.2, 0.25) is 0 Å². The van der Waals surface area contributed by atoms with E-state index in [0.29, 0.717) is 30.9 Å². The number of aliphatic hydroxyl groups is 1. The molecule has 0 aromatic heterocycles. The van der Waals surface area contributed by atoms with Crippen LogP contribution in [0.5, 0.6) is 0 Å². The van der Waals surface area contributed by atoms with E-state index in [1.165, 1.54) is 7.11 Å². The largest absolute Gasteiger partial charge is 0.465 e. The maximum atomic E-state index is 11.7. The first-order chi connectivity index (χ1) is 9.54. The summed E-state index contributed by atoms with van der Waals surface area (Å²) >= 11 is 0. The highest BCUT2D eigenvalue weighted by Gasteiger charge is 2.16. The molecule has 20 heavy (non-hydrogen) atoms. The van der Waals surface area contributed by atoms with E-state index in [0.717, 1.165) is 11.3 Å². The molecule has 0 unspecified atom stereocenters. The number of aliphatic hydroxyl groups excluding tert-OH is 1. The number of methoxy groups -OCH3 is 2. The molecule has 0 saturated carbocycles. The lowest BCUT2D eigenvalue weighted by molar-refractivity contribution is 0.0602. The SMILES string of the molecule is COCCN(CCO)c1cc(C)c(N)c(C(=O)OC)c1. The summed E-state index contributed by atoms with van der Waals surface area (Å²) in [4.78, 5) is 13.7. The first kappa shape index (κ1) is 16.3. The molecule has 0 aliphatic carbocycles. The normalized spacial score (nSPS) is 10.4. The molecule has 3 N–H and O–H groups in total. The molecular formula is C14H22N2O4. The van der Waals surface area contributed by atoms with E-state index in [1.807, 2.05) is 17.9 Å². The van der Waals surface area contributed by atoms with Crippen LogP contribution in [0.1, 0.15) is 15.9 Å². The van der Waals surface area contributed by atoms with Crippen molar-refractivity contribution in [2.24, 2.45) is 0 Å². The van der Waals surface area contributed by atoms with Gasteiger partial charge in [0.2, 0.25) is 0 Å². The zero-order valence-corrected chi connectivity index (χ0v) is 12.2. The van der Waals surface area contributed by atoms with Crippen molar-refractivity contribution in [2.75, 3.05) is 51.2 Å². The fraction of sp³-hybridized carbons (Fsp3) is 0.500. The minimum atomic E-state index is -0.469. The van der Waals surface area contributed by atoms with Gasteiger partial charge in [-0.25, -0.2) is 4.79 Å². The maximum absolute atomic E-state index is 11.7. The Kier molecular flexibility index (Phi) is 6.27. The highest BCUT2D eigenvalue weighted by atomic mass is 16.5. The second-order valence-electron chi connectivity index (χ2n) is 4.42. The molecule has 0 spiro atoms. The minimum absolute atomic E-state index is 0.0146. The van der Waals surface area contributed by atoms with Crippen molar-refractivity contribution in [3.8, 4) is 0 Å². The summed E-state index contributed by atoms with van der Waals surface area (Å²) < 4.78 is 9.79. The van der Waals surface area contributed by atoms with Gasteiger partial charge in [-0.15, -0.1) is 0 Å². The fourth-order valence-electron chi connectivity index (χ4n) is 1.93. The summed E-state index contributed by atoms with van der Waals surface area (Å²) in [6, 6.07) is 3.56. The second-order valence-corrected chi connectivity index (χ2v) is 4.42. The number of nitrogens with two attached hydrogens (primary N) is 1. The Hall–Kier alpha value is -1.79. The summed E-state index contributed by atoms with van der Waals surface area (Å²) in [5.41, 5.74) is 8.26. The monoisotopic (exact) mass is 282 g/mol. The van der Waals surface area contributed by atoms with E-state index in [2.05, 4.69) is 0 Å². The van der Waals surface area contributed by atoms with Crippen molar-refractivity contribution in [3.05, 3.63) is 23.3 Å². The highest BCUT2D eigenvalue weighted by molar-refractivity contribution is 5.97. The molecule has 1 aromatic rings. The van der Waals surface area contributed by atoms with Gasteiger partial charge in [0.15, 0.2) is 0 Å². The Labute approximate surface area is 119 Å². The van der Waals surface area contributed by atoms with Crippen LogP contribution in [0.15, 0.2) is 12.1 Å². The molecular weight excluding hydrogens is 260 g/mol. The fourth-order valence-corrected chi connectivity index (χ4v) is 1.93. The topological polar surface area (TPSA) is 85.0 Å². The number of ether oxygens (including phenoxy) is 2. The van der Waals surface area contributed by atoms with Gasteiger partial charge < -0.3 is 25.2 Å². The molecule has 1 aromatic carbocycles. The summed E-state index contributed by atoms with van der Waals surface area (Å²) in [7, 11) is 2.94. The van der Waals surface area contributed by atoms with E-state index in [-0.39, 0.29) is 6.61 Å². The molecule has 0 aliphatic heterocycles. The van der Waals surface area contributed by atoms with Gasteiger partial charge in [-0.1, -0.05) is 0 Å². The zero-order valence-electron chi connectivity index (χ0n) is 12.2. The van der Waals surface area contributed by atoms with Crippen LogP contribution in [-0.4, -0.2) is 51.6 Å². The van der Waals surface area contributed by atoms with Gasteiger partial charge in [-0.05, 0) is 24.6 Å². The van der Waals surface area contributed by atoms with Crippen LogP contribution in [0.25, 0.3) is 0 Å². The molecule has 0 bridgehead atoms. The number of esters is 1. The van der Waals surface area contributed by atoms with Crippen LogP contribution >= 0.6 is 0 Å². The van der Waals surface area contributed by atoms with E-state index >= 15 is 0 Å². The number of anilines is 2. The van der Waals surface area contributed by atoms with Crippen LogP contribution in [0, 0.1) is 6.92 Å². The van der Waals surface area contributed by atoms with Crippen molar-refractivity contribution in [3.63, 3.8) is 0 Å². The van der Waals surface area contributed by atoms with Crippen molar-refractivity contribution >= 4 is 17.3 Å². The number of carbonyl (C=O) groups excluding carboxylic acids is 1. The summed E-state index contributed by atoms with van der Waals surface area (Å²) in [6.07, 6.45) is 0. The lowest BCUT2D eigenvalue weighted by Gasteiger charge is -2.25. The molecule has 0 radical (unpaired) electrons. The number of aryl methyl sites for hydroxylation is 1. The third-order valence-corrected chi connectivity index (χ3v) is 3.08. The molecule has 6 nitrogen and oxygen atoms in total. The van der Waals surface area contributed by atoms with Gasteiger partial charge in [0.05, 0.1) is 25.9 Å². The maximum Gasteiger partial charge on any atom is 0.340 e. The van der Waals surface area contributed by atoms with Gasteiger partial charge in [-0.2, -0.15) is 0 Å². The van der Waals surface area contributed by atoms with Crippen molar-refractivity contribution in [1.29, 1.82) is 0 Å². The lowest BCUT2D eigenvalue weighted by atomic mass is 10.1. The van der Waals surface area contributed by atoms with Gasteiger partial charge in [0, 0.05) is 31.6 Å². The average molecular weight is 282 g/mol. The van der Waals surface area contributed by atoms with E-state index in [9.17, 15) is 4.79 Å². The third-order valence-electron chi connectivity index (χ3n) is 3.08. The van der Waals surface area contributed by atoms with E-state index in [4.69, 9.17) is 20.3 Å². The van der Waals surface area contributed by atoms with Gasteiger partial charge >= 0.3 is 5.97 Å². The molecule has 0 atom stereocenters. The van der Waals surface area contributed by atoms with Crippen LogP contribution in [0.4, 0.5) is 11.4 Å². The Morgan fingerprint density at radius 1 is 1.35 bits per heavy atom. The Morgan fingerprint density at radius 2 is 2.05 bits per heavy atom. The lowest BCUT2D eigenvalue weighted by Crippen LogP contribution is -2.30. The van der Waals surface area contributed by atoms with Crippen molar-refractivity contribution < 1.29 is 19.4 Å². The highest BCUT2D eigenvalue weighted by Crippen LogP contribution is 2.26. The predicted octanol–water partition coefficient (Wildman–Crippen LogP) is 0.809.